The van der Waals surface area contributed by atoms with Gasteiger partial charge in [0.1, 0.15) is 0 Å². The van der Waals surface area contributed by atoms with Crippen molar-refractivity contribution in [1.29, 1.82) is 0 Å². The fourth-order valence-electron chi connectivity index (χ4n) is 2.62. The fourth-order valence-corrected chi connectivity index (χ4v) is 2.74. The second-order valence-electron chi connectivity index (χ2n) is 5.32. The van der Waals surface area contributed by atoms with E-state index in [4.69, 9.17) is 11.6 Å². The average Bonchev–Trinajstić information content (AvgIpc) is 2.75. The van der Waals surface area contributed by atoms with Crippen LogP contribution in [0, 0.1) is 0 Å². The lowest BCUT2D eigenvalue weighted by Gasteiger charge is -2.36. The first-order valence-corrected chi connectivity index (χ1v) is 7.05. The summed E-state index contributed by atoms with van der Waals surface area (Å²) in [5.74, 6) is 0.684. The first kappa shape index (κ1) is 12.7. The van der Waals surface area contributed by atoms with E-state index in [9.17, 15) is 0 Å². The molecule has 0 amide bonds. The number of aryl methyl sites for hydroxylation is 1. The summed E-state index contributed by atoms with van der Waals surface area (Å²) in [5.41, 5.74) is 2.65. The Morgan fingerprint density at radius 2 is 2.05 bits per heavy atom. The Morgan fingerprint density at radius 3 is 2.68 bits per heavy atom. The van der Waals surface area contributed by atoms with Crippen molar-refractivity contribution in [3.63, 3.8) is 0 Å². The van der Waals surface area contributed by atoms with Gasteiger partial charge in [0.05, 0.1) is 6.20 Å². The van der Waals surface area contributed by atoms with Crippen molar-refractivity contribution >= 4 is 11.6 Å². The van der Waals surface area contributed by atoms with Gasteiger partial charge in [-0.15, -0.1) is 0 Å². The Labute approximate surface area is 118 Å². The topological polar surface area (TPSA) is 29.9 Å². The highest BCUT2D eigenvalue weighted by Gasteiger charge is 2.29. The fraction of sp³-hybridized carbons (Fsp3) is 0.400. The molecule has 1 aliphatic rings. The van der Waals surface area contributed by atoms with E-state index >= 15 is 0 Å². The summed E-state index contributed by atoms with van der Waals surface area (Å²) in [4.78, 5) is 0. The molecule has 1 aromatic heterocycles. The van der Waals surface area contributed by atoms with Crippen LogP contribution in [0.3, 0.4) is 0 Å². The molecule has 1 fully saturated rings. The van der Waals surface area contributed by atoms with Crippen molar-refractivity contribution in [3.05, 3.63) is 52.8 Å². The highest BCUT2D eigenvalue weighted by Crippen LogP contribution is 2.37. The molecular formula is C15H18ClN3. The van der Waals surface area contributed by atoms with E-state index in [1.807, 2.05) is 30.1 Å². The molecule has 0 radical (unpaired) electrons. The van der Waals surface area contributed by atoms with Crippen LogP contribution < -0.4 is 5.32 Å². The number of halogens is 1. The van der Waals surface area contributed by atoms with E-state index in [-0.39, 0.29) is 0 Å². The Kier molecular flexibility index (Phi) is 3.58. The van der Waals surface area contributed by atoms with Gasteiger partial charge in [-0.25, -0.2) is 0 Å². The van der Waals surface area contributed by atoms with Crippen LogP contribution in [-0.4, -0.2) is 15.8 Å². The van der Waals surface area contributed by atoms with Crippen molar-refractivity contribution in [2.24, 2.45) is 7.05 Å². The van der Waals surface area contributed by atoms with Crippen LogP contribution in [0.4, 0.5) is 0 Å². The van der Waals surface area contributed by atoms with E-state index in [1.54, 1.807) is 0 Å². The van der Waals surface area contributed by atoms with Crippen molar-refractivity contribution in [3.8, 4) is 0 Å². The number of aromatic nitrogens is 2. The molecule has 1 aromatic carbocycles. The van der Waals surface area contributed by atoms with Crippen molar-refractivity contribution in [2.75, 3.05) is 0 Å². The maximum absolute atomic E-state index is 5.91. The highest BCUT2D eigenvalue weighted by atomic mass is 35.5. The first-order chi connectivity index (χ1) is 9.20. The summed E-state index contributed by atoms with van der Waals surface area (Å²) < 4.78 is 1.84. The molecule has 0 spiro atoms. The van der Waals surface area contributed by atoms with Gasteiger partial charge in [0.15, 0.2) is 0 Å². The summed E-state index contributed by atoms with van der Waals surface area (Å²) in [6.07, 6.45) is 6.40. The molecule has 19 heavy (non-hydrogen) atoms. The molecule has 1 aliphatic carbocycles. The predicted molar refractivity (Wildman–Crippen MR) is 77.3 cm³/mol. The largest absolute Gasteiger partial charge is 0.310 e. The molecule has 2 aromatic rings. The lowest BCUT2D eigenvalue weighted by atomic mass is 9.76. The van der Waals surface area contributed by atoms with Crippen LogP contribution in [0.15, 0.2) is 36.7 Å². The van der Waals surface area contributed by atoms with E-state index < -0.39 is 0 Å². The summed E-state index contributed by atoms with van der Waals surface area (Å²) in [6, 6.07) is 8.87. The van der Waals surface area contributed by atoms with Crippen LogP contribution in [-0.2, 0) is 13.6 Å². The summed E-state index contributed by atoms with van der Waals surface area (Å²) in [6.45, 7) is 0.909. The smallest absolute Gasteiger partial charge is 0.0534 e. The molecule has 0 aliphatic heterocycles. The number of hydrogen-bond acceptors (Lipinski definition) is 2. The molecule has 3 nitrogen and oxygen atoms in total. The van der Waals surface area contributed by atoms with Gasteiger partial charge in [-0.2, -0.15) is 5.10 Å². The molecule has 3 rings (SSSR count). The molecular weight excluding hydrogens is 258 g/mol. The van der Waals surface area contributed by atoms with Crippen LogP contribution >= 0.6 is 11.6 Å². The Hall–Kier alpha value is -1.32. The minimum Gasteiger partial charge on any atom is -0.310 e. The van der Waals surface area contributed by atoms with Crippen LogP contribution in [0.1, 0.15) is 29.9 Å². The van der Waals surface area contributed by atoms with E-state index in [0.717, 1.165) is 11.6 Å². The SMILES string of the molecule is Cn1cc(CNC2CC(c3ccc(Cl)cc3)C2)cn1. The quantitative estimate of drug-likeness (QED) is 0.929. The van der Waals surface area contributed by atoms with Crippen LogP contribution in [0.5, 0.6) is 0 Å². The normalized spacial score (nSPS) is 22.2. The molecule has 0 unspecified atom stereocenters. The average molecular weight is 276 g/mol. The van der Waals surface area contributed by atoms with Crippen LogP contribution in [0.2, 0.25) is 5.02 Å². The monoisotopic (exact) mass is 275 g/mol. The molecule has 0 atom stereocenters. The van der Waals surface area contributed by atoms with E-state index in [1.165, 1.54) is 24.0 Å². The third kappa shape index (κ3) is 2.99. The van der Waals surface area contributed by atoms with Crippen LogP contribution in [0.25, 0.3) is 0 Å². The van der Waals surface area contributed by atoms with Gasteiger partial charge in [-0.05, 0) is 36.5 Å². The van der Waals surface area contributed by atoms with E-state index in [0.29, 0.717) is 12.0 Å². The van der Waals surface area contributed by atoms with E-state index in [2.05, 4.69) is 28.7 Å². The van der Waals surface area contributed by atoms with Gasteiger partial charge in [-0.3, -0.25) is 4.68 Å². The molecule has 0 bridgehead atoms. The summed E-state index contributed by atoms with van der Waals surface area (Å²) >= 11 is 5.91. The third-order valence-corrected chi connectivity index (χ3v) is 4.08. The van der Waals surface area contributed by atoms with Gasteiger partial charge in [0.25, 0.3) is 0 Å². The zero-order chi connectivity index (χ0) is 13.2. The predicted octanol–water partition coefficient (Wildman–Crippen LogP) is 3.11. The lowest BCUT2D eigenvalue weighted by molar-refractivity contribution is 0.289. The molecule has 4 heteroatoms. The van der Waals surface area contributed by atoms with Crippen molar-refractivity contribution in [2.45, 2.75) is 31.3 Å². The lowest BCUT2D eigenvalue weighted by Crippen LogP contribution is -2.39. The minimum absolute atomic E-state index is 0.626. The maximum Gasteiger partial charge on any atom is 0.0534 e. The molecule has 1 N–H and O–H groups in total. The molecule has 100 valence electrons. The number of nitrogens with one attached hydrogen (secondary N) is 1. The van der Waals surface area contributed by atoms with Gasteiger partial charge < -0.3 is 5.32 Å². The zero-order valence-corrected chi connectivity index (χ0v) is 11.8. The van der Waals surface area contributed by atoms with Gasteiger partial charge >= 0.3 is 0 Å². The van der Waals surface area contributed by atoms with Crippen molar-refractivity contribution < 1.29 is 0 Å². The number of nitrogens with zero attached hydrogens (tertiary/aromatic N) is 2. The number of rotatable bonds is 4. The summed E-state index contributed by atoms with van der Waals surface area (Å²) in [5, 5.41) is 8.57. The van der Waals surface area contributed by atoms with Crippen molar-refractivity contribution in [1.82, 2.24) is 15.1 Å². The minimum atomic E-state index is 0.626. The van der Waals surface area contributed by atoms with Gasteiger partial charge in [-0.1, -0.05) is 23.7 Å². The Bertz CT molecular complexity index is 541. The second-order valence-corrected chi connectivity index (χ2v) is 5.76. The second kappa shape index (κ2) is 5.35. The summed E-state index contributed by atoms with van der Waals surface area (Å²) in [7, 11) is 1.95. The number of hydrogen-bond donors (Lipinski definition) is 1. The molecule has 1 saturated carbocycles. The van der Waals surface area contributed by atoms with Gasteiger partial charge in [0, 0.05) is 36.4 Å². The number of benzene rings is 1. The molecule has 0 saturated heterocycles. The standard InChI is InChI=1S/C15H18ClN3/c1-19-10-11(9-18-19)8-17-15-6-13(7-15)12-2-4-14(16)5-3-12/h2-5,9-10,13,15,17H,6-8H2,1H3. The first-order valence-electron chi connectivity index (χ1n) is 6.67. The zero-order valence-electron chi connectivity index (χ0n) is 11.0. The Morgan fingerprint density at radius 1 is 1.32 bits per heavy atom. The maximum atomic E-state index is 5.91. The van der Waals surface area contributed by atoms with Gasteiger partial charge in [0.2, 0.25) is 0 Å². The Balaban J connectivity index is 1.46. The third-order valence-electron chi connectivity index (χ3n) is 3.83. The molecule has 1 heterocycles. The highest BCUT2D eigenvalue weighted by molar-refractivity contribution is 6.30.